The summed E-state index contributed by atoms with van der Waals surface area (Å²) in [5.74, 6) is -0.355. The molecule has 92 valence electrons. The highest BCUT2D eigenvalue weighted by molar-refractivity contribution is 5.70. The van der Waals surface area contributed by atoms with E-state index in [-0.39, 0.29) is 12.5 Å². The summed E-state index contributed by atoms with van der Waals surface area (Å²) in [4.78, 5) is 23.7. The van der Waals surface area contributed by atoms with Gasteiger partial charge in [-0.05, 0) is 5.92 Å². The Balaban J connectivity index is 2.79. The van der Waals surface area contributed by atoms with E-state index >= 15 is 0 Å². The molecule has 1 fully saturated rings. The number of ether oxygens (including phenoxy) is 3. The zero-order valence-electron chi connectivity index (χ0n) is 9.93. The van der Waals surface area contributed by atoms with Crippen LogP contribution in [0.15, 0.2) is 0 Å². The van der Waals surface area contributed by atoms with Crippen LogP contribution in [0.4, 0.5) is 4.79 Å². The fourth-order valence-electron chi connectivity index (χ4n) is 1.63. The van der Waals surface area contributed by atoms with E-state index < -0.39 is 24.5 Å². The summed E-state index contributed by atoms with van der Waals surface area (Å²) in [6, 6.07) is 0. The van der Waals surface area contributed by atoms with Crippen molar-refractivity contribution in [2.75, 3.05) is 13.7 Å². The lowest BCUT2D eigenvalue weighted by molar-refractivity contribution is -0.152. The Hall–Kier alpha value is -1.30. The summed E-state index contributed by atoms with van der Waals surface area (Å²) in [5.41, 5.74) is 0. The number of carbonyl (C=O) groups excluding carboxylic acids is 2. The van der Waals surface area contributed by atoms with Gasteiger partial charge in [-0.1, -0.05) is 13.8 Å². The molecule has 0 aromatic heterocycles. The maximum Gasteiger partial charge on any atom is 0.414 e. The van der Waals surface area contributed by atoms with Crippen molar-refractivity contribution in [2.24, 2.45) is 5.92 Å². The van der Waals surface area contributed by atoms with Crippen molar-refractivity contribution in [3.8, 4) is 0 Å². The van der Waals surface area contributed by atoms with E-state index in [0.29, 0.717) is 0 Å². The van der Waals surface area contributed by atoms with Gasteiger partial charge in [-0.15, -0.1) is 0 Å². The Bertz CT molecular complexity index is 278. The van der Waals surface area contributed by atoms with Gasteiger partial charge < -0.3 is 14.2 Å². The maximum absolute atomic E-state index is 11.6. The van der Waals surface area contributed by atoms with E-state index in [4.69, 9.17) is 9.47 Å². The van der Waals surface area contributed by atoms with Crippen molar-refractivity contribution in [3.05, 3.63) is 0 Å². The van der Waals surface area contributed by atoms with E-state index in [1.807, 2.05) is 13.8 Å². The molecule has 1 rings (SSSR count). The SMILES string of the molecule is COC(=O)N1[C@@H](C(C)C)OC[C@H]1OC(C)=O. The second kappa shape index (κ2) is 5.16. The minimum Gasteiger partial charge on any atom is -0.453 e. The third-order valence-electron chi connectivity index (χ3n) is 2.25. The highest BCUT2D eigenvalue weighted by Crippen LogP contribution is 2.24. The summed E-state index contributed by atoms with van der Waals surface area (Å²) < 4.78 is 15.0. The Kier molecular flexibility index (Phi) is 4.12. The molecular formula is C10H17NO5. The summed E-state index contributed by atoms with van der Waals surface area (Å²) in [6.07, 6.45) is -1.67. The quantitative estimate of drug-likeness (QED) is 0.662. The van der Waals surface area contributed by atoms with Crippen LogP contribution in [-0.4, -0.2) is 43.1 Å². The number of methoxy groups -OCH3 is 1. The molecule has 0 aliphatic carbocycles. The molecule has 0 aromatic rings. The van der Waals surface area contributed by atoms with Crippen LogP contribution in [0.5, 0.6) is 0 Å². The van der Waals surface area contributed by atoms with E-state index in [1.165, 1.54) is 18.9 Å². The standard InChI is InChI=1S/C10H17NO5/c1-6(2)9-11(10(13)14-4)8(5-15-9)16-7(3)12/h6,8-9H,5H2,1-4H3/t8-,9-/m1/s1. The average Bonchev–Trinajstić information content (AvgIpc) is 2.59. The summed E-state index contributed by atoms with van der Waals surface area (Å²) in [7, 11) is 1.28. The number of hydrogen-bond donors (Lipinski definition) is 0. The highest BCUT2D eigenvalue weighted by Gasteiger charge is 2.42. The molecule has 1 saturated heterocycles. The van der Waals surface area contributed by atoms with Gasteiger partial charge in [-0.3, -0.25) is 4.79 Å². The molecule has 0 radical (unpaired) electrons. The first-order valence-corrected chi connectivity index (χ1v) is 5.12. The molecular weight excluding hydrogens is 214 g/mol. The second-order valence-electron chi connectivity index (χ2n) is 3.91. The van der Waals surface area contributed by atoms with Crippen molar-refractivity contribution >= 4 is 12.1 Å². The molecule has 1 heterocycles. The van der Waals surface area contributed by atoms with Gasteiger partial charge >= 0.3 is 12.1 Å². The van der Waals surface area contributed by atoms with Crippen molar-refractivity contribution < 1.29 is 23.8 Å². The van der Waals surface area contributed by atoms with Crippen molar-refractivity contribution in [3.63, 3.8) is 0 Å². The summed E-state index contributed by atoms with van der Waals surface area (Å²) in [5, 5.41) is 0. The molecule has 1 aliphatic heterocycles. The second-order valence-corrected chi connectivity index (χ2v) is 3.91. The van der Waals surface area contributed by atoms with Gasteiger partial charge in [-0.2, -0.15) is 0 Å². The molecule has 0 aromatic carbocycles. The Morgan fingerprint density at radius 3 is 2.50 bits per heavy atom. The lowest BCUT2D eigenvalue weighted by Crippen LogP contribution is -2.45. The van der Waals surface area contributed by atoms with Gasteiger partial charge in [0.1, 0.15) is 12.8 Å². The fourth-order valence-corrected chi connectivity index (χ4v) is 1.63. The first-order valence-electron chi connectivity index (χ1n) is 5.12. The predicted octanol–water partition coefficient (Wildman–Crippen LogP) is 0.956. The zero-order chi connectivity index (χ0) is 12.3. The van der Waals surface area contributed by atoms with Crippen LogP contribution < -0.4 is 0 Å². The van der Waals surface area contributed by atoms with Gasteiger partial charge in [-0.25, -0.2) is 9.69 Å². The van der Waals surface area contributed by atoms with Crippen LogP contribution in [0.2, 0.25) is 0 Å². The first-order chi connectivity index (χ1) is 7.47. The number of carbonyl (C=O) groups is 2. The topological polar surface area (TPSA) is 65.1 Å². The molecule has 0 spiro atoms. The maximum atomic E-state index is 11.6. The van der Waals surface area contributed by atoms with E-state index in [9.17, 15) is 9.59 Å². The average molecular weight is 231 g/mol. The van der Waals surface area contributed by atoms with Gasteiger partial charge in [0, 0.05) is 6.92 Å². The normalized spacial score (nSPS) is 24.7. The molecule has 6 heteroatoms. The molecule has 2 atom stereocenters. The third-order valence-corrected chi connectivity index (χ3v) is 2.25. The van der Waals surface area contributed by atoms with Crippen LogP contribution in [0.3, 0.4) is 0 Å². The Morgan fingerprint density at radius 2 is 2.06 bits per heavy atom. The minimum atomic E-state index is -0.697. The molecule has 0 N–H and O–H groups in total. The highest BCUT2D eigenvalue weighted by atomic mass is 16.6. The fraction of sp³-hybridized carbons (Fsp3) is 0.800. The molecule has 0 unspecified atom stereocenters. The van der Waals surface area contributed by atoms with Crippen LogP contribution in [0.25, 0.3) is 0 Å². The molecule has 1 aliphatic rings. The lowest BCUT2D eigenvalue weighted by atomic mass is 10.2. The minimum absolute atomic E-state index is 0.0969. The number of esters is 1. The van der Waals surface area contributed by atoms with E-state index in [2.05, 4.69) is 4.74 Å². The third kappa shape index (κ3) is 2.63. The van der Waals surface area contributed by atoms with E-state index in [0.717, 1.165) is 0 Å². The number of amides is 1. The van der Waals surface area contributed by atoms with Gasteiger partial charge in [0.2, 0.25) is 6.23 Å². The monoisotopic (exact) mass is 231 g/mol. The van der Waals surface area contributed by atoms with Crippen molar-refractivity contribution in [2.45, 2.75) is 33.2 Å². The predicted molar refractivity (Wildman–Crippen MR) is 54.4 cm³/mol. The van der Waals surface area contributed by atoms with Crippen LogP contribution in [-0.2, 0) is 19.0 Å². The van der Waals surface area contributed by atoms with Gasteiger partial charge in [0.25, 0.3) is 0 Å². The van der Waals surface area contributed by atoms with Crippen molar-refractivity contribution in [1.29, 1.82) is 0 Å². The molecule has 0 saturated carbocycles. The summed E-state index contributed by atoms with van der Waals surface area (Å²) in [6.45, 7) is 5.29. The van der Waals surface area contributed by atoms with Crippen LogP contribution >= 0.6 is 0 Å². The Labute approximate surface area is 94.4 Å². The summed E-state index contributed by atoms with van der Waals surface area (Å²) >= 11 is 0. The molecule has 6 nitrogen and oxygen atoms in total. The zero-order valence-corrected chi connectivity index (χ0v) is 9.93. The van der Waals surface area contributed by atoms with E-state index in [1.54, 1.807) is 0 Å². The molecule has 16 heavy (non-hydrogen) atoms. The van der Waals surface area contributed by atoms with Crippen molar-refractivity contribution in [1.82, 2.24) is 4.90 Å². The van der Waals surface area contributed by atoms with Crippen LogP contribution in [0.1, 0.15) is 20.8 Å². The molecule has 1 amide bonds. The number of nitrogens with zero attached hydrogens (tertiary/aromatic N) is 1. The molecule has 0 bridgehead atoms. The smallest absolute Gasteiger partial charge is 0.414 e. The van der Waals surface area contributed by atoms with Crippen LogP contribution in [0, 0.1) is 5.92 Å². The number of hydrogen-bond acceptors (Lipinski definition) is 5. The number of rotatable bonds is 2. The van der Waals surface area contributed by atoms with Gasteiger partial charge in [0.05, 0.1) is 7.11 Å². The first kappa shape index (κ1) is 12.8. The lowest BCUT2D eigenvalue weighted by Gasteiger charge is -2.27. The van der Waals surface area contributed by atoms with Gasteiger partial charge in [0.15, 0.2) is 0 Å². The largest absolute Gasteiger partial charge is 0.453 e. The Morgan fingerprint density at radius 1 is 1.44 bits per heavy atom.